The molecule has 7 nitrogen and oxygen atoms in total. The van der Waals surface area contributed by atoms with Gasteiger partial charge in [0.15, 0.2) is 0 Å². The van der Waals surface area contributed by atoms with Gasteiger partial charge in [-0.3, -0.25) is 4.68 Å². The number of piperidine rings is 1. The molecule has 1 aromatic heterocycles. The number of nitrogens with one attached hydrogen (secondary N) is 1. The summed E-state index contributed by atoms with van der Waals surface area (Å²) in [5.41, 5.74) is 0.957. The molecule has 0 radical (unpaired) electrons. The number of amides is 2. The van der Waals surface area contributed by atoms with Gasteiger partial charge in [-0.1, -0.05) is 30.3 Å². The molecule has 0 aliphatic carbocycles. The summed E-state index contributed by atoms with van der Waals surface area (Å²) >= 11 is 0. The fraction of sp³-hybridized carbons (Fsp3) is 0.500. The van der Waals surface area contributed by atoms with Crippen molar-refractivity contribution in [1.82, 2.24) is 25.0 Å². The van der Waals surface area contributed by atoms with Crippen molar-refractivity contribution in [2.24, 2.45) is 5.92 Å². The van der Waals surface area contributed by atoms with Gasteiger partial charge in [-0.15, -0.1) is 0 Å². The first-order valence-electron chi connectivity index (χ1n) is 8.82. The van der Waals surface area contributed by atoms with E-state index in [-0.39, 0.29) is 11.9 Å². The van der Waals surface area contributed by atoms with Crippen molar-refractivity contribution < 1.29 is 9.90 Å². The third-order valence-corrected chi connectivity index (χ3v) is 4.72. The standard InChI is InChI=1S/C18H25N5O2/c24-17(15-5-2-1-3-6-15)16-7-11-22(12-8-16)18(25)20-9-4-10-23-14-19-13-21-23/h1-3,5-6,13-14,16-17,24H,4,7-12H2,(H,20,25)/t17-/m1/s1. The first kappa shape index (κ1) is 17.4. The molecule has 2 N–H and O–H groups in total. The van der Waals surface area contributed by atoms with Crippen LogP contribution in [0.25, 0.3) is 0 Å². The van der Waals surface area contributed by atoms with E-state index in [0.717, 1.165) is 31.4 Å². The smallest absolute Gasteiger partial charge is 0.317 e. The van der Waals surface area contributed by atoms with Gasteiger partial charge in [0.25, 0.3) is 0 Å². The van der Waals surface area contributed by atoms with Crippen LogP contribution < -0.4 is 5.32 Å². The summed E-state index contributed by atoms with van der Waals surface area (Å²) in [5.74, 6) is 0.207. The molecule has 0 saturated carbocycles. The van der Waals surface area contributed by atoms with Gasteiger partial charge in [-0.05, 0) is 30.7 Å². The normalized spacial score (nSPS) is 16.6. The van der Waals surface area contributed by atoms with Gasteiger partial charge in [0.1, 0.15) is 12.7 Å². The van der Waals surface area contributed by atoms with Gasteiger partial charge in [-0.25, -0.2) is 9.78 Å². The lowest BCUT2D eigenvalue weighted by Crippen LogP contribution is -2.45. The van der Waals surface area contributed by atoms with Crippen molar-refractivity contribution in [3.63, 3.8) is 0 Å². The third kappa shape index (κ3) is 4.79. The largest absolute Gasteiger partial charge is 0.388 e. The number of aliphatic hydroxyl groups excluding tert-OH is 1. The van der Waals surface area contributed by atoms with Crippen LogP contribution in [-0.2, 0) is 6.54 Å². The topological polar surface area (TPSA) is 83.3 Å². The predicted molar refractivity (Wildman–Crippen MR) is 93.7 cm³/mol. The Balaban J connectivity index is 1.37. The zero-order valence-corrected chi connectivity index (χ0v) is 14.3. The van der Waals surface area contributed by atoms with Crippen LogP contribution in [0.15, 0.2) is 43.0 Å². The molecule has 7 heteroatoms. The van der Waals surface area contributed by atoms with Crippen LogP contribution in [0.5, 0.6) is 0 Å². The van der Waals surface area contributed by atoms with E-state index in [1.54, 1.807) is 11.0 Å². The summed E-state index contributed by atoms with van der Waals surface area (Å²) in [7, 11) is 0. The minimum Gasteiger partial charge on any atom is -0.388 e. The molecule has 3 rings (SSSR count). The molecular formula is C18H25N5O2. The van der Waals surface area contributed by atoms with Crippen LogP contribution in [0, 0.1) is 5.92 Å². The van der Waals surface area contributed by atoms with E-state index in [1.807, 2.05) is 35.2 Å². The average Bonchev–Trinajstić information content (AvgIpc) is 3.19. The van der Waals surface area contributed by atoms with Gasteiger partial charge in [-0.2, -0.15) is 5.10 Å². The Morgan fingerprint density at radius 2 is 2.04 bits per heavy atom. The van der Waals surface area contributed by atoms with Gasteiger partial charge in [0.05, 0.1) is 6.10 Å². The monoisotopic (exact) mass is 343 g/mol. The number of benzene rings is 1. The number of aliphatic hydroxyl groups is 1. The average molecular weight is 343 g/mol. The minimum absolute atomic E-state index is 0.0220. The lowest BCUT2D eigenvalue weighted by Gasteiger charge is -2.34. The van der Waals surface area contributed by atoms with Crippen molar-refractivity contribution in [3.8, 4) is 0 Å². The highest BCUT2D eigenvalue weighted by molar-refractivity contribution is 5.74. The number of aryl methyl sites for hydroxylation is 1. The molecule has 1 saturated heterocycles. The maximum Gasteiger partial charge on any atom is 0.317 e. The van der Waals surface area contributed by atoms with Crippen molar-refractivity contribution in [2.75, 3.05) is 19.6 Å². The second-order valence-corrected chi connectivity index (χ2v) is 6.42. The Morgan fingerprint density at radius 3 is 2.72 bits per heavy atom. The zero-order valence-electron chi connectivity index (χ0n) is 14.3. The van der Waals surface area contributed by atoms with Crippen molar-refractivity contribution in [1.29, 1.82) is 0 Å². The van der Waals surface area contributed by atoms with E-state index in [4.69, 9.17) is 0 Å². The number of hydrogen-bond acceptors (Lipinski definition) is 4. The molecule has 25 heavy (non-hydrogen) atoms. The quantitative estimate of drug-likeness (QED) is 0.784. The molecule has 134 valence electrons. The Hall–Kier alpha value is -2.41. The van der Waals surface area contributed by atoms with E-state index < -0.39 is 6.10 Å². The number of urea groups is 1. The zero-order chi connectivity index (χ0) is 17.5. The molecule has 2 heterocycles. The second-order valence-electron chi connectivity index (χ2n) is 6.42. The van der Waals surface area contributed by atoms with Crippen LogP contribution in [0.3, 0.4) is 0 Å². The second kappa shape index (κ2) is 8.62. The first-order chi connectivity index (χ1) is 12.2. The molecule has 1 aromatic carbocycles. The van der Waals surface area contributed by atoms with Crippen LogP contribution >= 0.6 is 0 Å². The molecule has 1 fully saturated rings. The summed E-state index contributed by atoms with van der Waals surface area (Å²) in [6, 6.07) is 9.73. The maximum atomic E-state index is 12.2. The van der Waals surface area contributed by atoms with E-state index in [1.165, 1.54) is 6.33 Å². The lowest BCUT2D eigenvalue weighted by atomic mass is 9.87. The van der Waals surface area contributed by atoms with Gasteiger partial charge < -0.3 is 15.3 Å². The number of rotatable bonds is 6. The number of carbonyl (C=O) groups is 1. The van der Waals surface area contributed by atoms with Crippen LogP contribution in [0.2, 0.25) is 0 Å². The molecular weight excluding hydrogens is 318 g/mol. The van der Waals surface area contributed by atoms with Gasteiger partial charge >= 0.3 is 6.03 Å². The van der Waals surface area contributed by atoms with E-state index in [9.17, 15) is 9.90 Å². The van der Waals surface area contributed by atoms with E-state index >= 15 is 0 Å². The fourth-order valence-electron chi connectivity index (χ4n) is 3.24. The number of nitrogens with zero attached hydrogens (tertiary/aromatic N) is 4. The number of carbonyl (C=O) groups excluding carboxylic acids is 1. The molecule has 2 amide bonds. The highest BCUT2D eigenvalue weighted by Gasteiger charge is 2.28. The molecule has 2 aromatic rings. The first-order valence-corrected chi connectivity index (χ1v) is 8.82. The minimum atomic E-state index is -0.450. The molecule has 0 bridgehead atoms. The molecule has 0 unspecified atom stereocenters. The van der Waals surface area contributed by atoms with Crippen LogP contribution in [-0.4, -0.2) is 50.4 Å². The Bertz CT molecular complexity index is 639. The summed E-state index contributed by atoms with van der Waals surface area (Å²) < 4.78 is 1.75. The predicted octanol–water partition coefficient (Wildman–Crippen LogP) is 1.82. The van der Waals surface area contributed by atoms with E-state index in [0.29, 0.717) is 19.6 Å². The number of hydrogen-bond donors (Lipinski definition) is 2. The summed E-state index contributed by atoms with van der Waals surface area (Å²) in [6.07, 6.45) is 5.19. The summed E-state index contributed by atoms with van der Waals surface area (Å²) in [6.45, 7) is 2.73. The Labute approximate surface area is 147 Å². The Kier molecular flexibility index (Phi) is 6.00. The fourth-order valence-corrected chi connectivity index (χ4v) is 3.24. The summed E-state index contributed by atoms with van der Waals surface area (Å²) in [4.78, 5) is 17.9. The summed E-state index contributed by atoms with van der Waals surface area (Å²) in [5, 5.41) is 17.5. The highest BCUT2D eigenvalue weighted by atomic mass is 16.3. The van der Waals surface area contributed by atoms with Crippen molar-refractivity contribution >= 4 is 6.03 Å². The molecule has 0 spiro atoms. The molecule has 1 aliphatic rings. The molecule has 1 aliphatic heterocycles. The maximum absolute atomic E-state index is 12.2. The van der Waals surface area contributed by atoms with Crippen molar-refractivity contribution in [2.45, 2.75) is 31.9 Å². The third-order valence-electron chi connectivity index (χ3n) is 4.72. The SMILES string of the molecule is O=C(NCCCn1cncn1)N1CCC([C@H](O)c2ccccc2)CC1. The number of aromatic nitrogens is 3. The number of likely N-dealkylation sites (tertiary alicyclic amines) is 1. The van der Waals surface area contributed by atoms with Gasteiger partial charge in [0.2, 0.25) is 0 Å². The molecule has 1 atom stereocenters. The van der Waals surface area contributed by atoms with Crippen LogP contribution in [0.4, 0.5) is 4.79 Å². The van der Waals surface area contributed by atoms with Crippen molar-refractivity contribution in [3.05, 3.63) is 48.5 Å². The Morgan fingerprint density at radius 1 is 1.28 bits per heavy atom. The van der Waals surface area contributed by atoms with E-state index in [2.05, 4.69) is 15.4 Å². The van der Waals surface area contributed by atoms with Crippen LogP contribution in [0.1, 0.15) is 30.9 Å². The lowest BCUT2D eigenvalue weighted by molar-refractivity contribution is 0.0665. The highest BCUT2D eigenvalue weighted by Crippen LogP contribution is 2.30. The van der Waals surface area contributed by atoms with Gasteiger partial charge in [0, 0.05) is 26.2 Å².